The third-order valence-corrected chi connectivity index (χ3v) is 4.67. The molecule has 2 aromatic carbocycles. The van der Waals surface area contributed by atoms with Crippen LogP contribution in [0.3, 0.4) is 0 Å². The van der Waals surface area contributed by atoms with E-state index >= 15 is 0 Å². The Bertz CT molecular complexity index is 885. The fourth-order valence-electron chi connectivity index (χ4n) is 2.44. The van der Waals surface area contributed by atoms with Gasteiger partial charge in [0.25, 0.3) is 5.91 Å². The van der Waals surface area contributed by atoms with E-state index in [2.05, 4.69) is 5.32 Å². The van der Waals surface area contributed by atoms with Gasteiger partial charge >= 0.3 is 0 Å². The highest BCUT2D eigenvalue weighted by Crippen LogP contribution is 2.34. The molecule has 8 heteroatoms. The molecular formula is C16H15FN2O4S. The Morgan fingerprint density at radius 2 is 2.00 bits per heavy atom. The second kappa shape index (κ2) is 6.12. The SMILES string of the molecule is CS(=O)(=O)N1C[C@@H](C(=O)Nc2cccc(F)c2)Oc2ccccc21. The molecule has 0 fully saturated rings. The van der Waals surface area contributed by atoms with E-state index in [9.17, 15) is 17.6 Å². The molecule has 1 aliphatic heterocycles. The zero-order chi connectivity index (χ0) is 17.3. The Balaban J connectivity index is 1.86. The molecule has 126 valence electrons. The average Bonchev–Trinajstić information content (AvgIpc) is 2.53. The number of sulfonamides is 1. The van der Waals surface area contributed by atoms with Gasteiger partial charge in [0.1, 0.15) is 11.6 Å². The zero-order valence-electron chi connectivity index (χ0n) is 12.8. The molecule has 0 aromatic heterocycles. The predicted molar refractivity (Wildman–Crippen MR) is 88.1 cm³/mol. The first-order valence-electron chi connectivity index (χ1n) is 7.14. The second-order valence-electron chi connectivity index (χ2n) is 5.37. The van der Waals surface area contributed by atoms with Gasteiger partial charge in [-0.25, -0.2) is 12.8 Å². The summed E-state index contributed by atoms with van der Waals surface area (Å²) in [5, 5.41) is 2.53. The number of nitrogens with one attached hydrogen (secondary N) is 1. The normalized spacial score (nSPS) is 16.9. The number of anilines is 2. The quantitative estimate of drug-likeness (QED) is 0.919. The van der Waals surface area contributed by atoms with Crippen molar-refractivity contribution in [1.82, 2.24) is 0 Å². The van der Waals surface area contributed by atoms with Crippen molar-refractivity contribution < 1.29 is 22.3 Å². The van der Waals surface area contributed by atoms with E-state index in [1.54, 1.807) is 24.3 Å². The van der Waals surface area contributed by atoms with Crippen LogP contribution in [0.5, 0.6) is 5.75 Å². The standard InChI is InChI=1S/C16H15FN2O4S/c1-24(21,22)19-10-15(23-14-8-3-2-7-13(14)19)16(20)18-12-6-4-5-11(17)9-12/h2-9,15H,10H2,1H3,(H,18,20)/t15-/m0/s1. The first-order valence-corrected chi connectivity index (χ1v) is 8.99. The lowest BCUT2D eigenvalue weighted by Crippen LogP contribution is -2.48. The molecule has 0 saturated heterocycles. The summed E-state index contributed by atoms with van der Waals surface area (Å²) in [5.74, 6) is -0.738. The van der Waals surface area contributed by atoms with Crippen LogP contribution < -0.4 is 14.4 Å². The molecule has 0 bridgehead atoms. The van der Waals surface area contributed by atoms with Gasteiger partial charge in [-0.3, -0.25) is 9.10 Å². The molecule has 24 heavy (non-hydrogen) atoms. The van der Waals surface area contributed by atoms with Gasteiger partial charge in [-0.1, -0.05) is 18.2 Å². The van der Waals surface area contributed by atoms with Crippen LogP contribution in [-0.2, 0) is 14.8 Å². The summed E-state index contributed by atoms with van der Waals surface area (Å²) in [6.45, 7) is -0.156. The molecule has 2 aromatic rings. The number of para-hydroxylation sites is 2. The number of halogens is 1. The number of carbonyl (C=O) groups excluding carboxylic acids is 1. The average molecular weight is 350 g/mol. The Morgan fingerprint density at radius 1 is 1.25 bits per heavy atom. The number of nitrogens with zero attached hydrogens (tertiary/aromatic N) is 1. The van der Waals surface area contributed by atoms with Crippen LogP contribution >= 0.6 is 0 Å². The van der Waals surface area contributed by atoms with Gasteiger partial charge in [0, 0.05) is 5.69 Å². The minimum atomic E-state index is -3.57. The number of rotatable bonds is 3. The van der Waals surface area contributed by atoms with Crippen LogP contribution in [0.2, 0.25) is 0 Å². The predicted octanol–water partition coefficient (Wildman–Crippen LogP) is 1.99. The Labute approximate surface area is 138 Å². The number of amides is 1. The van der Waals surface area contributed by atoms with Gasteiger partial charge in [-0.2, -0.15) is 0 Å². The fraction of sp³-hybridized carbons (Fsp3) is 0.188. The molecule has 1 aliphatic rings. The largest absolute Gasteiger partial charge is 0.476 e. The smallest absolute Gasteiger partial charge is 0.267 e. The number of ether oxygens (including phenoxy) is 1. The Kier molecular flexibility index (Phi) is 4.15. The van der Waals surface area contributed by atoms with E-state index < -0.39 is 27.9 Å². The van der Waals surface area contributed by atoms with Crippen LogP contribution in [-0.4, -0.2) is 33.2 Å². The number of hydrogen-bond acceptors (Lipinski definition) is 4. The van der Waals surface area contributed by atoms with Gasteiger partial charge in [-0.15, -0.1) is 0 Å². The van der Waals surface area contributed by atoms with Crippen LogP contribution in [0.15, 0.2) is 48.5 Å². The van der Waals surface area contributed by atoms with E-state index in [0.717, 1.165) is 10.6 Å². The lowest BCUT2D eigenvalue weighted by molar-refractivity contribution is -0.122. The molecule has 3 rings (SSSR count). The Morgan fingerprint density at radius 3 is 2.71 bits per heavy atom. The van der Waals surface area contributed by atoms with Gasteiger partial charge in [0.05, 0.1) is 18.5 Å². The highest BCUT2D eigenvalue weighted by atomic mass is 32.2. The summed E-state index contributed by atoms with van der Waals surface area (Å²) in [4.78, 5) is 12.4. The Hall–Kier alpha value is -2.61. The van der Waals surface area contributed by atoms with Crippen LogP contribution in [0.1, 0.15) is 0 Å². The summed E-state index contributed by atoms with van der Waals surface area (Å²) in [5.41, 5.74) is 0.656. The molecule has 0 spiro atoms. The summed E-state index contributed by atoms with van der Waals surface area (Å²) in [6.07, 6.45) is 0.0225. The van der Waals surface area contributed by atoms with Crippen molar-refractivity contribution in [2.75, 3.05) is 22.4 Å². The molecule has 0 aliphatic carbocycles. The minimum absolute atomic E-state index is 0.156. The molecule has 0 radical (unpaired) electrons. The summed E-state index contributed by atoms with van der Waals surface area (Å²) < 4.78 is 44.0. The summed E-state index contributed by atoms with van der Waals surface area (Å²) >= 11 is 0. The van der Waals surface area contributed by atoms with Crippen LogP contribution in [0.4, 0.5) is 15.8 Å². The lowest BCUT2D eigenvalue weighted by Gasteiger charge is -2.33. The lowest BCUT2D eigenvalue weighted by atomic mass is 10.2. The van der Waals surface area contributed by atoms with Gasteiger partial charge < -0.3 is 10.1 Å². The van der Waals surface area contributed by atoms with E-state index in [4.69, 9.17) is 4.74 Å². The number of carbonyl (C=O) groups is 1. The third kappa shape index (κ3) is 3.33. The monoisotopic (exact) mass is 350 g/mol. The maximum atomic E-state index is 13.2. The third-order valence-electron chi connectivity index (χ3n) is 3.52. The molecular weight excluding hydrogens is 335 g/mol. The van der Waals surface area contributed by atoms with E-state index in [0.29, 0.717) is 11.4 Å². The van der Waals surface area contributed by atoms with Crippen molar-refractivity contribution in [2.24, 2.45) is 0 Å². The topological polar surface area (TPSA) is 75.7 Å². The van der Waals surface area contributed by atoms with Crippen molar-refractivity contribution >= 4 is 27.3 Å². The van der Waals surface area contributed by atoms with Crippen molar-refractivity contribution in [3.05, 3.63) is 54.3 Å². The zero-order valence-corrected chi connectivity index (χ0v) is 13.6. The van der Waals surface area contributed by atoms with Crippen molar-refractivity contribution in [2.45, 2.75) is 6.10 Å². The second-order valence-corrected chi connectivity index (χ2v) is 7.27. The molecule has 1 heterocycles. The fourth-order valence-corrected chi connectivity index (χ4v) is 3.36. The number of benzene rings is 2. The minimum Gasteiger partial charge on any atom is -0.476 e. The first kappa shape index (κ1) is 16.3. The molecule has 6 nitrogen and oxygen atoms in total. The van der Waals surface area contributed by atoms with Crippen LogP contribution in [0.25, 0.3) is 0 Å². The van der Waals surface area contributed by atoms with Gasteiger partial charge in [0.2, 0.25) is 10.0 Å². The summed E-state index contributed by atoms with van der Waals surface area (Å²) in [6, 6.07) is 12.0. The molecule has 1 N–H and O–H groups in total. The van der Waals surface area contributed by atoms with E-state index in [1.165, 1.54) is 24.3 Å². The first-order chi connectivity index (χ1) is 11.3. The summed E-state index contributed by atoms with van der Waals surface area (Å²) in [7, 11) is -3.57. The number of hydrogen-bond donors (Lipinski definition) is 1. The van der Waals surface area contributed by atoms with E-state index in [1.807, 2.05) is 0 Å². The van der Waals surface area contributed by atoms with Gasteiger partial charge in [0.15, 0.2) is 6.10 Å². The van der Waals surface area contributed by atoms with Crippen molar-refractivity contribution in [3.8, 4) is 5.75 Å². The van der Waals surface area contributed by atoms with E-state index in [-0.39, 0.29) is 12.2 Å². The highest BCUT2D eigenvalue weighted by molar-refractivity contribution is 7.92. The highest BCUT2D eigenvalue weighted by Gasteiger charge is 2.34. The van der Waals surface area contributed by atoms with Gasteiger partial charge in [-0.05, 0) is 30.3 Å². The maximum absolute atomic E-state index is 13.2. The number of fused-ring (bicyclic) bond motifs is 1. The molecule has 0 saturated carbocycles. The molecule has 1 amide bonds. The van der Waals surface area contributed by atoms with Crippen LogP contribution in [0, 0.1) is 5.82 Å². The maximum Gasteiger partial charge on any atom is 0.267 e. The van der Waals surface area contributed by atoms with Crippen molar-refractivity contribution in [1.29, 1.82) is 0 Å². The molecule has 0 unspecified atom stereocenters. The van der Waals surface area contributed by atoms with Crippen molar-refractivity contribution in [3.63, 3.8) is 0 Å². The molecule has 1 atom stereocenters.